The topological polar surface area (TPSA) is 119 Å². The second-order valence-corrected chi connectivity index (χ2v) is 25.1. The van der Waals surface area contributed by atoms with E-state index in [1.54, 1.807) is 0 Å². The predicted molar refractivity (Wildman–Crippen MR) is 338 cm³/mol. The molecule has 4 aliphatic carbocycles. The molecule has 0 amide bonds. The predicted octanol–water partition coefficient (Wildman–Crippen LogP) is 18.4. The molecule has 0 aromatic carbocycles. The smallest absolute Gasteiger partial charge is 0.305 e. The molecule has 0 saturated heterocycles. The average Bonchev–Trinajstić information content (AvgIpc) is 2.41. The zero-order valence-electron chi connectivity index (χ0n) is 53.8. The van der Waals surface area contributed by atoms with Gasteiger partial charge in [-0.1, -0.05) is 116 Å². The first-order valence-electron chi connectivity index (χ1n) is 34.3. The van der Waals surface area contributed by atoms with E-state index in [2.05, 4.69) is 95.1 Å². The summed E-state index contributed by atoms with van der Waals surface area (Å²) in [6, 6.07) is 0. The van der Waals surface area contributed by atoms with Gasteiger partial charge in [0.2, 0.25) is 0 Å². The highest BCUT2D eigenvalue weighted by Crippen LogP contribution is 2.73. The third kappa shape index (κ3) is 34.3. The molecule has 11 nitrogen and oxygen atoms in total. The molecule has 4 bridgehead atoms. The van der Waals surface area contributed by atoms with Crippen LogP contribution in [0.15, 0.2) is 48.6 Å². The van der Waals surface area contributed by atoms with Crippen LogP contribution in [0.25, 0.3) is 0 Å². The number of allylic oxidation sites excluding steroid dienone is 8. The highest BCUT2D eigenvalue weighted by atomic mass is 16.7. The Labute approximate surface area is 503 Å². The van der Waals surface area contributed by atoms with E-state index in [4.69, 9.17) is 33.2 Å². The van der Waals surface area contributed by atoms with Crippen molar-refractivity contribution in [3.05, 3.63) is 48.6 Å². The van der Waals surface area contributed by atoms with Gasteiger partial charge < -0.3 is 38.1 Å². The number of esters is 3. The van der Waals surface area contributed by atoms with Crippen LogP contribution >= 0.6 is 0 Å². The van der Waals surface area contributed by atoms with Crippen molar-refractivity contribution >= 4 is 17.9 Å². The van der Waals surface area contributed by atoms with Gasteiger partial charge in [-0.3, -0.25) is 14.4 Å². The lowest BCUT2D eigenvalue weighted by atomic mass is 9.37. The van der Waals surface area contributed by atoms with Gasteiger partial charge in [-0.15, -0.1) is 0 Å². The minimum absolute atomic E-state index is 0.0775. The van der Waals surface area contributed by atoms with Gasteiger partial charge >= 0.3 is 17.9 Å². The van der Waals surface area contributed by atoms with Crippen molar-refractivity contribution in [3.63, 3.8) is 0 Å². The second-order valence-electron chi connectivity index (χ2n) is 25.1. The molecule has 0 aromatic heterocycles. The Bertz CT molecular complexity index is 1580. The van der Waals surface area contributed by atoms with E-state index < -0.39 is 12.6 Å². The fourth-order valence-corrected chi connectivity index (χ4v) is 13.8. The van der Waals surface area contributed by atoms with Crippen molar-refractivity contribution in [1.82, 2.24) is 4.90 Å². The third-order valence-corrected chi connectivity index (χ3v) is 17.4. The van der Waals surface area contributed by atoms with Crippen LogP contribution in [-0.4, -0.2) is 101 Å². The van der Waals surface area contributed by atoms with E-state index in [9.17, 15) is 14.4 Å². The summed E-state index contributed by atoms with van der Waals surface area (Å²) in [5, 5.41) is 0. The Morgan fingerprint density at radius 3 is 1.00 bits per heavy atom. The normalized spacial score (nSPS) is 20.6. The SMILES string of the molecule is CCC/C=C\CCCCOC(CCC(=O)OCCCC12CC3CC(CCCOC(=O)CCCN(CC)CC)(C1)CC(CCCOC(=O)CCC(OCCCC/C=C\CCC)OCCCC/C=C\CCC)(C3)C2)OCCCC/C=C\CCC. The summed E-state index contributed by atoms with van der Waals surface area (Å²) in [5.74, 6) is 0.232. The van der Waals surface area contributed by atoms with Gasteiger partial charge in [0.1, 0.15) is 0 Å². The second kappa shape index (κ2) is 47.3. The largest absolute Gasteiger partial charge is 0.466 e. The van der Waals surface area contributed by atoms with E-state index in [1.807, 2.05) is 0 Å². The first-order chi connectivity index (χ1) is 40.1. The lowest BCUT2D eigenvalue weighted by Gasteiger charge is -2.67. The maximum atomic E-state index is 13.3. The summed E-state index contributed by atoms with van der Waals surface area (Å²) in [7, 11) is 0. The number of nitrogens with zero attached hydrogens (tertiary/aromatic N) is 1. The molecule has 0 aromatic rings. The third-order valence-electron chi connectivity index (χ3n) is 17.4. The molecule has 0 N–H and O–H groups in total. The average molecular weight is 1150 g/mol. The molecular formula is C71H125NO10. The minimum Gasteiger partial charge on any atom is -0.466 e. The fourth-order valence-electron chi connectivity index (χ4n) is 13.8. The minimum atomic E-state index is -0.403. The zero-order chi connectivity index (χ0) is 59.1. The summed E-state index contributed by atoms with van der Waals surface area (Å²) in [5.41, 5.74) is 0.599. The highest BCUT2D eigenvalue weighted by molar-refractivity contribution is 5.70. The van der Waals surface area contributed by atoms with Crippen molar-refractivity contribution in [2.45, 2.75) is 298 Å². The van der Waals surface area contributed by atoms with Crippen LogP contribution in [0.3, 0.4) is 0 Å². The van der Waals surface area contributed by atoms with Gasteiger partial charge in [0.05, 0.1) is 32.7 Å². The van der Waals surface area contributed by atoms with Crippen LogP contribution in [0.2, 0.25) is 0 Å². The number of carbonyl (C=O) groups is 3. The molecule has 11 heteroatoms. The molecule has 0 aliphatic heterocycles. The summed E-state index contributed by atoms with van der Waals surface area (Å²) < 4.78 is 42.7. The number of hydrogen-bond donors (Lipinski definition) is 0. The molecular weight excluding hydrogens is 1030 g/mol. The molecule has 474 valence electrons. The molecule has 4 saturated carbocycles. The lowest BCUT2D eigenvalue weighted by molar-refractivity contribution is -0.173. The van der Waals surface area contributed by atoms with Crippen molar-refractivity contribution in [2.24, 2.45) is 22.2 Å². The van der Waals surface area contributed by atoms with Crippen molar-refractivity contribution in [1.29, 1.82) is 0 Å². The maximum absolute atomic E-state index is 13.3. The first-order valence-corrected chi connectivity index (χ1v) is 34.3. The highest BCUT2D eigenvalue weighted by Gasteiger charge is 2.62. The molecule has 2 unspecified atom stereocenters. The Balaban J connectivity index is 1.57. The first kappa shape index (κ1) is 73.4. The van der Waals surface area contributed by atoms with Gasteiger partial charge in [0.25, 0.3) is 0 Å². The van der Waals surface area contributed by atoms with Gasteiger partial charge in [0.15, 0.2) is 12.6 Å². The van der Waals surface area contributed by atoms with Crippen LogP contribution in [0.1, 0.15) is 286 Å². The number of carbonyl (C=O) groups excluding carboxylic acids is 3. The molecule has 4 rings (SSSR count). The number of hydrogen-bond acceptors (Lipinski definition) is 11. The molecule has 0 heterocycles. The number of rotatable bonds is 56. The van der Waals surface area contributed by atoms with E-state index in [0.29, 0.717) is 71.4 Å². The van der Waals surface area contributed by atoms with Crippen LogP contribution in [0.4, 0.5) is 0 Å². The standard InChI is InChI=1S/C71H125NO10/c1-7-13-17-21-25-29-33-50-79-67(80-51-34-30-26-22-18-14-8-2)44-42-65(74)77-55-39-47-70-58-63-57-69(60-70,46-38-54-76-64(73)41-37-49-72(11-5)12-6)61-71(59-63,62-70)48-40-56-78-66(75)43-45-68(81-52-35-31-27-23-19-15-9-3)82-53-36-32-28-24-20-16-10-4/h17-24,63,67-68H,7-16,25-62H2,1-6H3/b21-17-,22-18-,23-19-,24-20-. The molecule has 0 spiro atoms. The Morgan fingerprint density at radius 2 is 0.695 bits per heavy atom. The lowest BCUT2D eigenvalue weighted by Crippen LogP contribution is -2.57. The van der Waals surface area contributed by atoms with Crippen LogP contribution in [-0.2, 0) is 47.5 Å². The van der Waals surface area contributed by atoms with Gasteiger partial charge in [0, 0.05) is 45.7 Å². The summed E-state index contributed by atoms with van der Waals surface area (Å²) >= 11 is 0. The van der Waals surface area contributed by atoms with E-state index >= 15 is 0 Å². The van der Waals surface area contributed by atoms with Crippen LogP contribution in [0, 0.1) is 22.2 Å². The molecule has 4 aliphatic rings. The molecule has 4 fully saturated rings. The van der Waals surface area contributed by atoms with E-state index in [0.717, 1.165) is 167 Å². The van der Waals surface area contributed by atoms with E-state index in [-0.39, 0.29) is 47.0 Å². The van der Waals surface area contributed by atoms with Crippen LogP contribution < -0.4 is 0 Å². The van der Waals surface area contributed by atoms with Crippen LogP contribution in [0.5, 0.6) is 0 Å². The number of unbranched alkanes of at least 4 members (excludes halogenated alkanes) is 12. The van der Waals surface area contributed by atoms with Crippen molar-refractivity contribution in [3.8, 4) is 0 Å². The zero-order valence-corrected chi connectivity index (χ0v) is 53.8. The van der Waals surface area contributed by atoms with E-state index in [1.165, 1.54) is 64.2 Å². The van der Waals surface area contributed by atoms with Crippen molar-refractivity contribution < 1.29 is 47.5 Å². The molecule has 2 atom stereocenters. The summed E-state index contributed by atoms with van der Waals surface area (Å²) in [6.45, 7) is 19.9. The van der Waals surface area contributed by atoms with Crippen molar-refractivity contribution in [2.75, 3.05) is 65.9 Å². The maximum Gasteiger partial charge on any atom is 0.305 e. The Hall–Kier alpha value is -2.83. The quantitative estimate of drug-likeness (QED) is 0.0190. The summed E-state index contributed by atoms with van der Waals surface area (Å²) in [4.78, 5) is 41.8. The summed E-state index contributed by atoms with van der Waals surface area (Å²) in [6.07, 6.45) is 55.0. The van der Waals surface area contributed by atoms with Gasteiger partial charge in [-0.05, 0) is 228 Å². The fraction of sp³-hybridized carbons (Fsp3) is 0.845. The van der Waals surface area contributed by atoms with Gasteiger partial charge in [-0.25, -0.2) is 0 Å². The van der Waals surface area contributed by atoms with Gasteiger partial charge in [-0.2, -0.15) is 0 Å². The number of ether oxygens (including phenoxy) is 7. The molecule has 82 heavy (non-hydrogen) atoms. The molecule has 0 radical (unpaired) electrons. The monoisotopic (exact) mass is 1150 g/mol. The Kier molecular flexibility index (Phi) is 42.4. The Morgan fingerprint density at radius 1 is 0.390 bits per heavy atom.